The molecule has 1 aromatic heterocycles. The molecule has 0 radical (unpaired) electrons. The molecule has 0 saturated heterocycles. The minimum atomic E-state index is -3.74. The molecular formula is C21H19BrN2O3S. The number of benzene rings is 2. The number of amides is 1. The lowest BCUT2D eigenvalue weighted by Crippen LogP contribution is -2.15. The van der Waals surface area contributed by atoms with Crippen LogP contribution in [0.2, 0.25) is 0 Å². The van der Waals surface area contributed by atoms with Gasteiger partial charge in [-0.15, -0.1) is 0 Å². The number of carbonyl (C=O) groups is 1. The van der Waals surface area contributed by atoms with Crippen LogP contribution < -0.4 is 5.32 Å². The van der Waals surface area contributed by atoms with Gasteiger partial charge in [0.25, 0.3) is 5.91 Å². The number of nitrogens with zero attached hydrogens (tertiary/aromatic N) is 1. The van der Waals surface area contributed by atoms with Crippen LogP contribution in [0.5, 0.6) is 0 Å². The zero-order valence-corrected chi connectivity index (χ0v) is 18.1. The van der Waals surface area contributed by atoms with Gasteiger partial charge < -0.3 is 5.32 Å². The predicted octanol–water partition coefficient (Wildman–Crippen LogP) is 4.85. The van der Waals surface area contributed by atoms with Crippen molar-refractivity contribution in [1.29, 1.82) is 0 Å². The lowest BCUT2D eigenvalue weighted by molar-refractivity contribution is 0.102. The van der Waals surface area contributed by atoms with E-state index in [0.29, 0.717) is 0 Å². The normalized spacial score (nSPS) is 11.3. The van der Waals surface area contributed by atoms with E-state index in [1.807, 2.05) is 32.9 Å². The van der Waals surface area contributed by atoms with E-state index in [2.05, 4.69) is 26.2 Å². The summed E-state index contributed by atoms with van der Waals surface area (Å²) in [5.74, 6) is -0.338. The van der Waals surface area contributed by atoms with Crippen LogP contribution in [-0.2, 0) is 9.84 Å². The minimum absolute atomic E-state index is 0.103. The van der Waals surface area contributed by atoms with Gasteiger partial charge in [0.2, 0.25) is 9.84 Å². The summed E-state index contributed by atoms with van der Waals surface area (Å²) >= 11 is 3.28. The molecule has 1 amide bonds. The van der Waals surface area contributed by atoms with E-state index in [0.717, 1.165) is 26.9 Å². The zero-order valence-electron chi connectivity index (χ0n) is 15.7. The van der Waals surface area contributed by atoms with Crippen molar-refractivity contribution in [3.8, 4) is 0 Å². The van der Waals surface area contributed by atoms with Gasteiger partial charge in [-0.25, -0.2) is 13.4 Å². The smallest absolute Gasteiger partial charge is 0.257 e. The first-order valence-electron chi connectivity index (χ1n) is 8.54. The molecule has 0 saturated carbocycles. The van der Waals surface area contributed by atoms with Crippen molar-refractivity contribution < 1.29 is 13.2 Å². The standard InChI is InChI=1S/C21H19BrN2O3S/c1-13-10-14(2)20(15(3)11-13)24-21(25)16-4-9-19(23-12-16)28(26,27)18-7-5-17(22)6-8-18/h4-12H,1-3H3,(H,24,25). The van der Waals surface area contributed by atoms with Gasteiger partial charge in [0.15, 0.2) is 5.03 Å². The number of pyridine rings is 1. The van der Waals surface area contributed by atoms with Gasteiger partial charge in [-0.3, -0.25) is 4.79 Å². The molecule has 144 valence electrons. The number of rotatable bonds is 4. The minimum Gasteiger partial charge on any atom is -0.321 e. The topological polar surface area (TPSA) is 76.1 Å². The summed E-state index contributed by atoms with van der Waals surface area (Å²) in [4.78, 5) is 16.7. The van der Waals surface area contributed by atoms with Crippen LogP contribution in [0.25, 0.3) is 0 Å². The molecule has 0 fully saturated rings. The molecular weight excluding hydrogens is 440 g/mol. The molecule has 3 aromatic rings. The largest absolute Gasteiger partial charge is 0.321 e. The van der Waals surface area contributed by atoms with Crippen LogP contribution in [0.4, 0.5) is 5.69 Å². The third-order valence-electron chi connectivity index (χ3n) is 4.31. The summed E-state index contributed by atoms with van der Waals surface area (Å²) in [6.07, 6.45) is 1.28. The van der Waals surface area contributed by atoms with E-state index < -0.39 is 9.84 Å². The number of aromatic nitrogens is 1. The lowest BCUT2D eigenvalue weighted by Gasteiger charge is -2.13. The maximum absolute atomic E-state index is 12.7. The van der Waals surface area contributed by atoms with Gasteiger partial charge in [-0.05, 0) is 68.3 Å². The van der Waals surface area contributed by atoms with Gasteiger partial charge in [0.1, 0.15) is 0 Å². The lowest BCUT2D eigenvalue weighted by atomic mass is 10.0. The molecule has 3 rings (SSSR count). The van der Waals surface area contributed by atoms with Crippen molar-refractivity contribution in [2.45, 2.75) is 30.7 Å². The Labute approximate surface area is 172 Å². The summed E-state index contributed by atoms with van der Waals surface area (Å²) in [5.41, 5.74) is 4.09. The van der Waals surface area contributed by atoms with Crippen LogP contribution in [0.3, 0.4) is 0 Å². The monoisotopic (exact) mass is 458 g/mol. The average Bonchev–Trinajstić information content (AvgIpc) is 2.65. The second-order valence-corrected chi connectivity index (χ2v) is 9.38. The Balaban J connectivity index is 1.84. The van der Waals surface area contributed by atoms with Crippen LogP contribution in [-0.4, -0.2) is 19.3 Å². The van der Waals surface area contributed by atoms with Crippen molar-refractivity contribution in [3.63, 3.8) is 0 Å². The number of hydrogen-bond donors (Lipinski definition) is 1. The van der Waals surface area contributed by atoms with E-state index in [9.17, 15) is 13.2 Å². The molecule has 0 spiro atoms. The fraction of sp³-hybridized carbons (Fsp3) is 0.143. The number of hydrogen-bond acceptors (Lipinski definition) is 4. The van der Waals surface area contributed by atoms with Gasteiger partial charge in [-0.2, -0.15) is 0 Å². The van der Waals surface area contributed by atoms with E-state index in [-0.39, 0.29) is 21.4 Å². The molecule has 5 nitrogen and oxygen atoms in total. The number of sulfone groups is 1. The number of aryl methyl sites for hydroxylation is 3. The van der Waals surface area contributed by atoms with E-state index in [4.69, 9.17) is 0 Å². The fourth-order valence-corrected chi connectivity index (χ4v) is 4.41. The second kappa shape index (κ2) is 7.85. The molecule has 28 heavy (non-hydrogen) atoms. The Morgan fingerprint density at radius 1 is 0.964 bits per heavy atom. The van der Waals surface area contributed by atoms with Crippen molar-refractivity contribution in [2.75, 3.05) is 5.32 Å². The van der Waals surface area contributed by atoms with Crippen LogP contribution in [0.15, 0.2) is 69.1 Å². The summed E-state index contributed by atoms with van der Waals surface area (Å²) in [5, 5.41) is 2.78. The Morgan fingerprint density at radius 2 is 1.57 bits per heavy atom. The van der Waals surface area contributed by atoms with E-state index in [1.54, 1.807) is 12.1 Å². The van der Waals surface area contributed by atoms with Crippen molar-refractivity contribution >= 4 is 37.4 Å². The third-order valence-corrected chi connectivity index (χ3v) is 6.53. The molecule has 2 aromatic carbocycles. The summed E-state index contributed by atoms with van der Waals surface area (Å²) in [7, 11) is -3.74. The summed E-state index contributed by atoms with van der Waals surface area (Å²) in [6, 6.07) is 13.1. The highest BCUT2D eigenvalue weighted by Gasteiger charge is 2.20. The SMILES string of the molecule is Cc1cc(C)c(NC(=O)c2ccc(S(=O)(=O)c3ccc(Br)cc3)nc2)c(C)c1. The highest BCUT2D eigenvalue weighted by molar-refractivity contribution is 9.10. The molecule has 0 aliphatic carbocycles. The predicted molar refractivity (Wildman–Crippen MR) is 112 cm³/mol. The number of halogens is 1. The Hall–Kier alpha value is -2.51. The molecule has 0 bridgehead atoms. The number of nitrogens with one attached hydrogen (secondary N) is 1. The van der Waals surface area contributed by atoms with Crippen molar-refractivity contribution in [3.05, 3.63) is 81.5 Å². The van der Waals surface area contributed by atoms with E-state index in [1.165, 1.54) is 30.5 Å². The highest BCUT2D eigenvalue weighted by Crippen LogP contribution is 2.24. The molecule has 1 N–H and O–H groups in total. The Kier molecular flexibility index (Phi) is 5.67. The first kappa shape index (κ1) is 20.2. The van der Waals surface area contributed by atoms with E-state index >= 15 is 0 Å². The zero-order chi connectivity index (χ0) is 20.5. The van der Waals surface area contributed by atoms with Crippen LogP contribution >= 0.6 is 15.9 Å². The number of anilines is 1. The molecule has 1 heterocycles. The van der Waals surface area contributed by atoms with Crippen LogP contribution in [0.1, 0.15) is 27.0 Å². The fourth-order valence-electron chi connectivity index (χ4n) is 2.97. The van der Waals surface area contributed by atoms with Crippen molar-refractivity contribution in [1.82, 2.24) is 4.98 Å². The number of carbonyl (C=O) groups excluding carboxylic acids is 1. The maximum Gasteiger partial charge on any atom is 0.257 e. The van der Waals surface area contributed by atoms with Gasteiger partial charge in [0, 0.05) is 16.4 Å². The molecule has 0 unspecified atom stereocenters. The third kappa shape index (κ3) is 4.15. The van der Waals surface area contributed by atoms with Gasteiger partial charge in [0.05, 0.1) is 10.5 Å². The summed E-state index contributed by atoms with van der Waals surface area (Å²) in [6.45, 7) is 5.86. The molecule has 7 heteroatoms. The summed E-state index contributed by atoms with van der Waals surface area (Å²) < 4.78 is 26.1. The van der Waals surface area contributed by atoms with Crippen molar-refractivity contribution in [2.24, 2.45) is 0 Å². The average molecular weight is 459 g/mol. The molecule has 0 aliphatic rings. The maximum atomic E-state index is 12.7. The van der Waals surface area contributed by atoms with Gasteiger partial charge in [-0.1, -0.05) is 33.6 Å². The Bertz CT molecular complexity index is 1120. The molecule has 0 aliphatic heterocycles. The Morgan fingerprint density at radius 3 is 2.11 bits per heavy atom. The van der Waals surface area contributed by atoms with Crippen LogP contribution in [0, 0.1) is 20.8 Å². The first-order chi connectivity index (χ1) is 13.2. The first-order valence-corrected chi connectivity index (χ1v) is 10.8. The molecule has 0 atom stereocenters. The highest BCUT2D eigenvalue weighted by atomic mass is 79.9. The quantitative estimate of drug-likeness (QED) is 0.605. The van der Waals surface area contributed by atoms with Gasteiger partial charge >= 0.3 is 0 Å². The second-order valence-electron chi connectivity index (χ2n) is 6.57.